The van der Waals surface area contributed by atoms with Gasteiger partial charge in [-0.15, -0.1) is 0 Å². The van der Waals surface area contributed by atoms with Crippen LogP contribution in [0.25, 0.3) is 0 Å². The van der Waals surface area contributed by atoms with Crippen molar-refractivity contribution in [2.24, 2.45) is 0 Å². The van der Waals surface area contributed by atoms with Crippen molar-refractivity contribution in [3.63, 3.8) is 0 Å². The Morgan fingerprint density at radius 2 is 1.59 bits per heavy atom. The molecule has 0 radical (unpaired) electrons. The van der Waals surface area contributed by atoms with Gasteiger partial charge in [-0.05, 0) is 84.2 Å². The normalized spacial score (nSPS) is 10.9. The lowest BCUT2D eigenvalue weighted by molar-refractivity contribution is -0.146. The van der Waals surface area contributed by atoms with E-state index in [1.807, 2.05) is 37.3 Å². The second-order valence-corrected chi connectivity index (χ2v) is 9.02. The molecule has 0 saturated carbocycles. The summed E-state index contributed by atoms with van der Waals surface area (Å²) in [4.78, 5) is 11.7. The number of carbonyl (C=O) groups is 1. The van der Waals surface area contributed by atoms with Gasteiger partial charge in [-0.1, -0.05) is 63.2 Å². The highest BCUT2D eigenvalue weighted by Gasteiger charge is 2.13. The molecule has 0 heterocycles. The van der Waals surface area contributed by atoms with Crippen molar-refractivity contribution in [2.45, 2.75) is 60.0 Å². The third-order valence-electron chi connectivity index (χ3n) is 5.81. The summed E-state index contributed by atoms with van der Waals surface area (Å²) in [6.07, 6.45) is 1.63. The van der Waals surface area contributed by atoms with Crippen molar-refractivity contribution in [3.05, 3.63) is 94.0 Å². The van der Waals surface area contributed by atoms with E-state index in [1.54, 1.807) is 0 Å². The minimum absolute atomic E-state index is 0.0690. The van der Waals surface area contributed by atoms with Crippen LogP contribution >= 0.6 is 0 Å². The van der Waals surface area contributed by atoms with Crippen molar-refractivity contribution in [1.29, 1.82) is 0 Å². The largest absolute Gasteiger partial charge is 0.489 e. The van der Waals surface area contributed by atoms with Crippen LogP contribution in [0.4, 0.5) is 0 Å². The fourth-order valence-electron chi connectivity index (χ4n) is 3.95. The predicted octanol–water partition coefficient (Wildman–Crippen LogP) is 6.93. The van der Waals surface area contributed by atoms with Crippen LogP contribution in [0.1, 0.15) is 66.5 Å². The van der Waals surface area contributed by atoms with E-state index in [2.05, 4.69) is 58.0 Å². The standard InChI is InChI=1S/C30H36O4/c1-6-14-32-30(31)20-33-26-15-22(4)28(23(5)16-26)18-25-12-13-29(27(17-25)21(2)3)34-19-24-10-8-7-9-11-24/h7-13,15-17,21H,6,14,18-20H2,1-5H3. The van der Waals surface area contributed by atoms with E-state index < -0.39 is 0 Å². The minimum Gasteiger partial charge on any atom is -0.489 e. The van der Waals surface area contributed by atoms with Gasteiger partial charge in [0.25, 0.3) is 0 Å². The first-order chi connectivity index (χ1) is 16.4. The number of aryl methyl sites for hydroxylation is 2. The average molecular weight is 461 g/mol. The molecule has 180 valence electrons. The number of rotatable bonds is 11. The summed E-state index contributed by atoms with van der Waals surface area (Å²) in [7, 11) is 0. The Labute approximate surface area is 203 Å². The van der Waals surface area contributed by atoms with Crippen LogP contribution in [0.3, 0.4) is 0 Å². The lowest BCUT2D eigenvalue weighted by atomic mass is 9.93. The lowest BCUT2D eigenvalue weighted by Gasteiger charge is -2.17. The molecule has 0 N–H and O–H groups in total. The third-order valence-corrected chi connectivity index (χ3v) is 5.81. The molecule has 0 atom stereocenters. The van der Waals surface area contributed by atoms with Gasteiger partial charge in [0.2, 0.25) is 0 Å². The Hall–Kier alpha value is -3.27. The molecule has 0 aliphatic carbocycles. The van der Waals surface area contributed by atoms with Gasteiger partial charge in [-0.3, -0.25) is 0 Å². The number of ether oxygens (including phenoxy) is 3. The van der Waals surface area contributed by atoms with Crippen LogP contribution in [0.15, 0.2) is 60.7 Å². The quantitative estimate of drug-likeness (QED) is 0.291. The zero-order valence-corrected chi connectivity index (χ0v) is 21.0. The van der Waals surface area contributed by atoms with Crippen LogP contribution in [0, 0.1) is 13.8 Å². The molecule has 4 heteroatoms. The Morgan fingerprint density at radius 3 is 2.24 bits per heavy atom. The van der Waals surface area contributed by atoms with Crippen molar-refractivity contribution >= 4 is 5.97 Å². The summed E-state index contributed by atoms with van der Waals surface area (Å²) in [6, 6.07) is 20.7. The molecule has 0 aliphatic rings. The zero-order valence-electron chi connectivity index (χ0n) is 21.0. The van der Waals surface area contributed by atoms with E-state index in [4.69, 9.17) is 14.2 Å². The number of hydrogen-bond acceptors (Lipinski definition) is 4. The number of hydrogen-bond donors (Lipinski definition) is 0. The minimum atomic E-state index is -0.336. The Balaban J connectivity index is 1.71. The summed E-state index contributed by atoms with van der Waals surface area (Å²) in [5.41, 5.74) is 7.19. The van der Waals surface area contributed by atoms with Gasteiger partial charge in [0.05, 0.1) is 6.61 Å². The molecule has 0 saturated heterocycles. The van der Waals surface area contributed by atoms with Crippen molar-refractivity contribution < 1.29 is 19.0 Å². The van der Waals surface area contributed by atoms with Crippen LogP contribution < -0.4 is 9.47 Å². The number of esters is 1. The van der Waals surface area contributed by atoms with Gasteiger partial charge in [-0.2, -0.15) is 0 Å². The maximum Gasteiger partial charge on any atom is 0.344 e. The second-order valence-electron chi connectivity index (χ2n) is 9.02. The van der Waals surface area contributed by atoms with Crippen LogP contribution in [0.2, 0.25) is 0 Å². The van der Waals surface area contributed by atoms with Crippen molar-refractivity contribution in [2.75, 3.05) is 13.2 Å². The zero-order chi connectivity index (χ0) is 24.5. The molecule has 3 aromatic rings. The van der Waals surface area contributed by atoms with Crippen LogP contribution in [-0.2, 0) is 22.6 Å². The topological polar surface area (TPSA) is 44.8 Å². The molecule has 34 heavy (non-hydrogen) atoms. The molecule has 0 amide bonds. The third kappa shape index (κ3) is 7.11. The van der Waals surface area contributed by atoms with Gasteiger partial charge in [0.1, 0.15) is 18.1 Å². The highest BCUT2D eigenvalue weighted by Crippen LogP contribution is 2.31. The maximum absolute atomic E-state index is 11.7. The van der Waals surface area contributed by atoms with Gasteiger partial charge in [0.15, 0.2) is 6.61 Å². The van der Waals surface area contributed by atoms with E-state index >= 15 is 0 Å². The molecule has 3 rings (SSSR count). The molecular formula is C30H36O4. The number of benzene rings is 3. The van der Waals surface area contributed by atoms with E-state index in [-0.39, 0.29) is 12.6 Å². The summed E-state index contributed by atoms with van der Waals surface area (Å²) >= 11 is 0. The molecule has 3 aromatic carbocycles. The Bertz CT molecular complexity index is 1060. The number of carbonyl (C=O) groups excluding carboxylic acids is 1. The SMILES string of the molecule is CCCOC(=O)COc1cc(C)c(Cc2ccc(OCc3ccccc3)c(C(C)C)c2)c(C)c1. The summed E-state index contributed by atoms with van der Waals surface area (Å²) < 4.78 is 16.9. The van der Waals surface area contributed by atoms with Gasteiger partial charge in [0, 0.05) is 0 Å². The Kier molecular flexibility index (Phi) is 9.15. The first kappa shape index (κ1) is 25.4. The summed E-state index contributed by atoms with van der Waals surface area (Å²) in [6.45, 7) is 11.5. The summed E-state index contributed by atoms with van der Waals surface area (Å²) in [5.74, 6) is 1.66. The van der Waals surface area contributed by atoms with Gasteiger partial charge in [-0.25, -0.2) is 4.79 Å². The van der Waals surface area contributed by atoms with Crippen molar-refractivity contribution in [3.8, 4) is 11.5 Å². The molecule has 0 aromatic heterocycles. The molecular weight excluding hydrogens is 424 g/mol. The molecule has 0 aliphatic heterocycles. The maximum atomic E-state index is 11.7. The fraction of sp³-hybridized carbons (Fsp3) is 0.367. The van der Waals surface area contributed by atoms with E-state index in [1.165, 1.54) is 16.7 Å². The molecule has 0 fully saturated rings. The predicted molar refractivity (Wildman–Crippen MR) is 137 cm³/mol. The van der Waals surface area contributed by atoms with Crippen LogP contribution in [-0.4, -0.2) is 19.2 Å². The van der Waals surface area contributed by atoms with E-state index in [0.717, 1.165) is 35.3 Å². The van der Waals surface area contributed by atoms with E-state index in [0.29, 0.717) is 24.9 Å². The average Bonchev–Trinajstić information content (AvgIpc) is 2.83. The fourth-order valence-corrected chi connectivity index (χ4v) is 3.95. The summed E-state index contributed by atoms with van der Waals surface area (Å²) in [5, 5.41) is 0. The smallest absolute Gasteiger partial charge is 0.344 e. The first-order valence-corrected chi connectivity index (χ1v) is 12.1. The second kappa shape index (κ2) is 12.3. The monoisotopic (exact) mass is 460 g/mol. The first-order valence-electron chi connectivity index (χ1n) is 12.1. The molecule has 0 spiro atoms. The van der Waals surface area contributed by atoms with E-state index in [9.17, 15) is 4.79 Å². The lowest BCUT2D eigenvalue weighted by Crippen LogP contribution is -2.15. The highest BCUT2D eigenvalue weighted by molar-refractivity contribution is 5.71. The Morgan fingerprint density at radius 1 is 0.882 bits per heavy atom. The highest BCUT2D eigenvalue weighted by atomic mass is 16.6. The van der Waals surface area contributed by atoms with Crippen molar-refractivity contribution in [1.82, 2.24) is 0 Å². The van der Waals surface area contributed by atoms with Crippen LogP contribution in [0.5, 0.6) is 11.5 Å². The molecule has 4 nitrogen and oxygen atoms in total. The molecule has 0 unspecified atom stereocenters. The van der Waals surface area contributed by atoms with Gasteiger partial charge < -0.3 is 14.2 Å². The molecule has 0 bridgehead atoms. The van der Waals surface area contributed by atoms with Gasteiger partial charge >= 0.3 is 5.97 Å².